The summed E-state index contributed by atoms with van der Waals surface area (Å²) >= 11 is 0. The van der Waals surface area contributed by atoms with Crippen molar-refractivity contribution < 1.29 is 35.9 Å². The highest BCUT2D eigenvalue weighted by atomic mass is 79.9. The molecule has 0 aliphatic heterocycles. The van der Waals surface area contributed by atoms with Gasteiger partial charge in [-0.05, 0) is 17.2 Å². The number of halogens is 1. The number of benzene rings is 1. The average molecular weight is 365 g/mol. The third-order valence-corrected chi connectivity index (χ3v) is 3.01. The van der Waals surface area contributed by atoms with Gasteiger partial charge in [0.25, 0.3) is 6.33 Å². The van der Waals surface area contributed by atoms with Crippen LogP contribution in [0.4, 0.5) is 0 Å². The molecule has 2 aromatic rings. The van der Waals surface area contributed by atoms with E-state index in [0.29, 0.717) is 6.54 Å². The van der Waals surface area contributed by atoms with Crippen LogP contribution >= 0.6 is 0 Å². The van der Waals surface area contributed by atoms with Crippen molar-refractivity contribution in [2.75, 3.05) is 7.11 Å². The van der Waals surface area contributed by atoms with Crippen LogP contribution < -0.4 is 21.5 Å². The van der Waals surface area contributed by atoms with E-state index in [0.717, 1.165) is 11.1 Å². The Kier molecular flexibility index (Phi) is 6.72. The van der Waals surface area contributed by atoms with Gasteiger partial charge in [-0.1, -0.05) is 24.3 Å². The number of nitrogens with zero attached hydrogens (tertiary/aromatic N) is 2. The smallest absolute Gasteiger partial charge is 0.330 e. The second kappa shape index (κ2) is 8.29. The maximum atomic E-state index is 11.2. The molecule has 0 amide bonds. The van der Waals surface area contributed by atoms with Gasteiger partial charge in [0.15, 0.2) is 0 Å². The fourth-order valence-corrected chi connectivity index (χ4v) is 1.85. The zero-order valence-corrected chi connectivity index (χ0v) is 14.0. The first-order valence-corrected chi connectivity index (χ1v) is 6.51. The Morgan fingerprint density at radius 3 is 2.50 bits per heavy atom. The van der Waals surface area contributed by atoms with Gasteiger partial charge in [0.05, 0.1) is 7.11 Å². The van der Waals surface area contributed by atoms with Crippen molar-refractivity contribution >= 4 is 18.0 Å². The molecule has 1 aromatic carbocycles. The lowest BCUT2D eigenvalue weighted by Crippen LogP contribution is -3.00. The maximum Gasteiger partial charge on any atom is 0.330 e. The molecule has 0 atom stereocenters. The molecule has 0 saturated heterocycles. The predicted molar refractivity (Wildman–Crippen MR) is 77.5 cm³/mol. The Morgan fingerprint density at radius 1 is 1.27 bits per heavy atom. The van der Waals surface area contributed by atoms with E-state index in [1.165, 1.54) is 24.7 Å². The fraction of sp³-hybridized carbons (Fsp3) is 0.188. The minimum Gasteiger partial charge on any atom is -1.00 e. The fourth-order valence-electron chi connectivity index (χ4n) is 1.85. The standard InChI is InChI=1S/C16H17N2O3.BrH/c1-13(19)18-10-9-17(12-18)11-15-5-3-14(4-6-15)7-8-16(20)21-2;/h3-10,12H,11H2,1-2H3;1H/q+1;/p-1. The molecule has 0 saturated carbocycles. The Morgan fingerprint density at radius 2 is 1.95 bits per heavy atom. The number of methoxy groups -OCH3 is 1. The zero-order valence-electron chi connectivity index (χ0n) is 12.4. The molecule has 116 valence electrons. The summed E-state index contributed by atoms with van der Waals surface area (Å²) in [5, 5.41) is 0. The molecular formula is C16H17BrN2O3. The molecule has 1 aromatic heterocycles. The second-order valence-corrected chi connectivity index (χ2v) is 4.61. The van der Waals surface area contributed by atoms with Gasteiger partial charge in [-0.15, -0.1) is 0 Å². The topological polar surface area (TPSA) is 52.2 Å². The van der Waals surface area contributed by atoms with E-state index in [1.807, 2.05) is 35.0 Å². The van der Waals surface area contributed by atoms with Crippen LogP contribution in [-0.4, -0.2) is 23.6 Å². The van der Waals surface area contributed by atoms with Crippen LogP contribution in [0.15, 0.2) is 49.1 Å². The van der Waals surface area contributed by atoms with Crippen molar-refractivity contribution in [3.05, 3.63) is 60.2 Å². The SMILES string of the molecule is COC(=O)C=Cc1ccc(C[n+]2ccn(C(C)=O)c2)cc1.[Br-]. The summed E-state index contributed by atoms with van der Waals surface area (Å²) < 4.78 is 8.00. The van der Waals surface area contributed by atoms with Gasteiger partial charge in [0.1, 0.15) is 18.9 Å². The van der Waals surface area contributed by atoms with Crippen molar-refractivity contribution in [3.63, 3.8) is 0 Å². The van der Waals surface area contributed by atoms with Gasteiger partial charge in [-0.3, -0.25) is 0 Å². The van der Waals surface area contributed by atoms with Gasteiger partial charge in [0.2, 0.25) is 0 Å². The Hall–Kier alpha value is -2.21. The average Bonchev–Trinajstić information content (AvgIpc) is 2.95. The lowest BCUT2D eigenvalue weighted by molar-refractivity contribution is -0.687. The summed E-state index contributed by atoms with van der Waals surface area (Å²) in [4.78, 5) is 22.2. The lowest BCUT2D eigenvalue weighted by Gasteiger charge is -1.99. The van der Waals surface area contributed by atoms with Crippen molar-refractivity contribution in [2.24, 2.45) is 0 Å². The quantitative estimate of drug-likeness (QED) is 0.384. The molecule has 0 aliphatic carbocycles. The normalized spacial score (nSPS) is 10.3. The summed E-state index contributed by atoms with van der Waals surface area (Å²) in [5.41, 5.74) is 2.03. The predicted octanol–water partition coefficient (Wildman–Crippen LogP) is -1.33. The summed E-state index contributed by atoms with van der Waals surface area (Å²) in [5.74, 6) is -0.391. The second-order valence-electron chi connectivity index (χ2n) is 4.61. The minimum atomic E-state index is -0.375. The number of ether oxygens (including phenoxy) is 1. The number of rotatable bonds is 4. The first-order chi connectivity index (χ1) is 10.1. The first-order valence-electron chi connectivity index (χ1n) is 6.51. The highest BCUT2D eigenvalue weighted by Gasteiger charge is 2.07. The molecule has 22 heavy (non-hydrogen) atoms. The van der Waals surface area contributed by atoms with Crippen LogP contribution in [0.5, 0.6) is 0 Å². The largest absolute Gasteiger partial charge is 1.00 e. The van der Waals surface area contributed by atoms with E-state index >= 15 is 0 Å². The third kappa shape index (κ3) is 4.96. The van der Waals surface area contributed by atoms with E-state index in [4.69, 9.17) is 0 Å². The molecule has 1 heterocycles. The number of carbonyl (C=O) groups excluding carboxylic acids is 2. The highest BCUT2D eigenvalue weighted by Crippen LogP contribution is 2.06. The van der Waals surface area contributed by atoms with Crippen LogP contribution in [-0.2, 0) is 16.1 Å². The molecule has 2 rings (SSSR count). The van der Waals surface area contributed by atoms with Gasteiger partial charge in [0, 0.05) is 13.0 Å². The zero-order chi connectivity index (χ0) is 15.2. The van der Waals surface area contributed by atoms with Gasteiger partial charge >= 0.3 is 11.9 Å². The van der Waals surface area contributed by atoms with E-state index in [1.54, 1.807) is 18.6 Å². The molecule has 0 fully saturated rings. The molecule has 5 nitrogen and oxygen atoms in total. The highest BCUT2D eigenvalue weighted by molar-refractivity contribution is 5.86. The van der Waals surface area contributed by atoms with Crippen molar-refractivity contribution in [2.45, 2.75) is 13.5 Å². The lowest BCUT2D eigenvalue weighted by atomic mass is 10.1. The molecule has 0 bridgehead atoms. The number of esters is 1. The monoisotopic (exact) mass is 364 g/mol. The van der Waals surface area contributed by atoms with Crippen molar-refractivity contribution in [1.82, 2.24) is 4.57 Å². The minimum absolute atomic E-state index is 0. The van der Waals surface area contributed by atoms with E-state index in [2.05, 4.69) is 4.74 Å². The van der Waals surface area contributed by atoms with E-state index in [9.17, 15) is 9.59 Å². The Bertz CT molecular complexity index is 675. The first kappa shape index (κ1) is 17.8. The van der Waals surface area contributed by atoms with E-state index < -0.39 is 0 Å². The van der Waals surface area contributed by atoms with E-state index in [-0.39, 0.29) is 28.9 Å². The Balaban J connectivity index is 0.00000242. The molecule has 0 N–H and O–H groups in total. The van der Waals surface area contributed by atoms with Crippen LogP contribution in [0.2, 0.25) is 0 Å². The van der Waals surface area contributed by atoms with Crippen LogP contribution in [0.25, 0.3) is 6.08 Å². The molecule has 0 aliphatic rings. The molecule has 0 unspecified atom stereocenters. The third-order valence-electron chi connectivity index (χ3n) is 3.01. The summed E-state index contributed by atoms with van der Waals surface area (Å²) in [6.45, 7) is 2.20. The van der Waals surface area contributed by atoms with Crippen molar-refractivity contribution in [3.8, 4) is 0 Å². The Labute approximate surface area is 139 Å². The van der Waals surface area contributed by atoms with Gasteiger partial charge < -0.3 is 21.7 Å². The van der Waals surface area contributed by atoms with Crippen molar-refractivity contribution in [1.29, 1.82) is 0 Å². The summed E-state index contributed by atoms with van der Waals surface area (Å²) in [7, 11) is 1.35. The number of imidazole rings is 1. The van der Waals surface area contributed by atoms with Crippen LogP contribution in [0.1, 0.15) is 22.8 Å². The molecular weight excluding hydrogens is 348 g/mol. The number of hydrogen-bond acceptors (Lipinski definition) is 3. The molecule has 0 radical (unpaired) electrons. The molecule has 0 spiro atoms. The number of hydrogen-bond donors (Lipinski definition) is 0. The van der Waals surface area contributed by atoms with Gasteiger partial charge in [-0.25, -0.2) is 14.2 Å². The maximum absolute atomic E-state index is 11.2. The van der Waals surface area contributed by atoms with Crippen LogP contribution in [0, 0.1) is 0 Å². The number of aromatic nitrogens is 2. The summed E-state index contributed by atoms with van der Waals surface area (Å²) in [6.07, 6.45) is 8.43. The molecule has 6 heteroatoms. The summed E-state index contributed by atoms with van der Waals surface area (Å²) in [6, 6.07) is 7.82. The van der Waals surface area contributed by atoms with Gasteiger partial charge in [-0.2, -0.15) is 4.57 Å². The number of carbonyl (C=O) groups is 2. The van der Waals surface area contributed by atoms with Crippen LogP contribution in [0.3, 0.4) is 0 Å².